The molecule has 0 fully saturated rings. The Kier molecular flexibility index (Phi) is 4.71. The van der Waals surface area contributed by atoms with Gasteiger partial charge in [0.25, 0.3) is 11.5 Å². The zero-order valence-electron chi connectivity index (χ0n) is 13.5. The average molecular weight is 340 g/mol. The molecule has 2 N–H and O–H groups in total. The van der Waals surface area contributed by atoms with E-state index in [0.29, 0.717) is 17.8 Å². The number of aromatic nitrogens is 3. The van der Waals surface area contributed by atoms with E-state index in [0.717, 1.165) is 5.39 Å². The molecule has 0 saturated heterocycles. The summed E-state index contributed by atoms with van der Waals surface area (Å²) in [5.74, 6) is -0.435. The van der Waals surface area contributed by atoms with Gasteiger partial charge in [-0.3, -0.25) is 14.4 Å². The standard InChI is InChI=1S/C17H16N4O4/c1-25-9-8-21-16(23)7-5-14(20-21)17(24)18-12-3-4-13-11(10-12)2-6-15(22)19-13/h2-7,10H,8-9H2,1H3,(H,18,24)(H,19,22). The number of carbonyl (C=O) groups excluding carboxylic acids is 1. The largest absolute Gasteiger partial charge is 0.383 e. The maximum atomic E-state index is 12.4. The summed E-state index contributed by atoms with van der Waals surface area (Å²) in [6, 6.07) is 10.9. The van der Waals surface area contributed by atoms with E-state index in [9.17, 15) is 14.4 Å². The fourth-order valence-electron chi connectivity index (χ4n) is 2.34. The van der Waals surface area contributed by atoms with Crippen LogP contribution in [0.4, 0.5) is 5.69 Å². The van der Waals surface area contributed by atoms with E-state index in [1.54, 1.807) is 24.3 Å². The van der Waals surface area contributed by atoms with Crippen molar-refractivity contribution >= 4 is 22.5 Å². The molecule has 25 heavy (non-hydrogen) atoms. The first-order valence-corrected chi connectivity index (χ1v) is 7.58. The molecule has 3 rings (SSSR count). The second kappa shape index (κ2) is 7.10. The maximum Gasteiger partial charge on any atom is 0.276 e. The quantitative estimate of drug-likeness (QED) is 0.720. The second-order valence-electron chi connectivity index (χ2n) is 5.35. The van der Waals surface area contributed by atoms with Crippen molar-refractivity contribution in [1.29, 1.82) is 0 Å². The Bertz CT molecular complexity index is 1040. The number of methoxy groups -OCH3 is 1. The van der Waals surface area contributed by atoms with Gasteiger partial charge >= 0.3 is 0 Å². The van der Waals surface area contributed by atoms with Crippen LogP contribution in [0.15, 0.2) is 52.1 Å². The van der Waals surface area contributed by atoms with Crippen LogP contribution in [0.3, 0.4) is 0 Å². The highest BCUT2D eigenvalue weighted by atomic mass is 16.5. The molecule has 2 heterocycles. The smallest absolute Gasteiger partial charge is 0.276 e. The molecule has 8 nitrogen and oxygen atoms in total. The predicted molar refractivity (Wildman–Crippen MR) is 92.9 cm³/mol. The Morgan fingerprint density at radius 3 is 2.84 bits per heavy atom. The van der Waals surface area contributed by atoms with E-state index >= 15 is 0 Å². The van der Waals surface area contributed by atoms with E-state index in [4.69, 9.17) is 4.74 Å². The lowest BCUT2D eigenvalue weighted by molar-refractivity contribution is 0.101. The molecule has 1 amide bonds. The van der Waals surface area contributed by atoms with Crippen molar-refractivity contribution in [3.05, 3.63) is 68.9 Å². The Hall–Kier alpha value is -3.26. The van der Waals surface area contributed by atoms with E-state index in [1.807, 2.05) is 0 Å². The minimum absolute atomic E-state index is 0.122. The number of hydrogen-bond donors (Lipinski definition) is 2. The zero-order valence-corrected chi connectivity index (χ0v) is 13.5. The van der Waals surface area contributed by atoms with Crippen LogP contribution in [0.2, 0.25) is 0 Å². The molecular formula is C17H16N4O4. The number of aromatic amines is 1. The van der Waals surface area contributed by atoms with E-state index in [-0.39, 0.29) is 23.4 Å². The second-order valence-corrected chi connectivity index (χ2v) is 5.35. The summed E-state index contributed by atoms with van der Waals surface area (Å²) in [6.45, 7) is 0.584. The number of H-pyrrole nitrogens is 1. The number of nitrogens with zero attached hydrogens (tertiary/aromatic N) is 2. The van der Waals surface area contributed by atoms with Crippen molar-refractivity contribution in [2.45, 2.75) is 6.54 Å². The molecular weight excluding hydrogens is 324 g/mol. The van der Waals surface area contributed by atoms with Crippen LogP contribution in [0.5, 0.6) is 0 Å². The number of rotatable bonds is 5. The molecule has 0 radical (unpaired) electrons. The van der Waals surface area contributed by atoms with E-state index in [1.165, 1.54) is 30.0 Å². The van der Waals surface area contributed by atoms with Crippen LogP contribution in [0.25, 0.3) is 10.9 Å². The average Bonchev–Trinajstić information content (AvgIpc) is 2.61. The van der Waals surface area contributed by atoms with Gasteiger partial charge in [-0.2, -0.15) is 5.10 Å². The number of hydrogen-bond acceptors (Lipinski definition) is 5. The fourth-order valence-corrected chi connectivity index (χ4v) is 2.34. The van der Waals surface area contributed by atoms with E-state index < -0.39 is 5.91 Å². The fraction of sp³-hybridized carbons (Fsp3) is 0.176. The first kappa shape index (κ1) is 16.6. The van der Waals surface area contributed by atoms with Gasteiger partial charge in [-0.25, -0.2) is 4.68 Å². The Morgan fingerprint density at radius 1 is 1.20 bits per heavy atom. The number of anilines is 1. The number of amides is 1. The first-order valence-electron chi connectivity index (χ1n) is 7.58. The zero-order chi connectivity index (χ0) is 17.8. The lowest BCUT2D eigenvalue weighted by Crippen LogP contribution is -2.27. The number of benzene rings is 1. The normalized spacial score (nSPS) is 10.8. The van der Waals surface area contributed by atoms with Gasteiger partial charge in [0, 0.05) is 35.8 Å². The Labute approximate surface area is 142 Å². The predicted octanol–water partition coefficient (Wildman–Crippen LogP) is 0.983. The van der Waals surface area contributed by atoms with Crippen molar-refractivity contribution in [3.8, 4) is 0 Å². The van der Waals surface area contributed by atoms with Crippen LogP contribution in [0, 0.1) is 0 Å². The van der Waals surface area contributed by atoms with Crippen LogP contribution >= 0.6 is 0 Å². The third kappa shape index (κ3) is 3.81. The van der Waals surface area contributed by atoms with Crippen LogP contribution < -0.4 is 16.4 Å². The van der Waals surface area contributed by atoms with Crippen molar-refractivity contribution < 1.29 is 9.53 Å². The summed E-state index contributed by atoms with van der Waals surface area (Å²) in [5, 5.41) is 7.56. The van der Waals surface area contributed by atoms with Crippen LogP contribution in [-0.4, -0.2) is 34.4 Å². The van der Waals surface area contributed by atoms with Crippen molar-refractivity contribution in [2.75, 3.05) is 19.0 Å². The third-order valence-corrected chi connectivity index (χ3v) is 3.59. The summed E-state index contributed by atoms with van der Waals surface area (Å²) < 4.78 is 6.10. The number of ether oxygens (including phenoxy) is 1. The molecule has 0 bridgehead atoms. The molecule has 0 spiro atoms. The molecule has 1 aromatic carbocycles. The van der Waals surface area contributed by atoms with Gasteiger partial charge in [0.2, 0.25) is 5.56 Å². The molecule has 128 valence electrons. The minimum Gasteiger partial charge on any atom is -0.383 e. The van der Waals surface area contributed by atoms with Crippen LogP contribution in [-0.2, 0) is 11.3 Å². The highest BCUT2D eigenvalue weighted by Gasteiger charge is 2.10. The molecule has 8 heteroatoms. The first-order chi connectivity index (χ1) is 12.1. The molecule has 3 aromatic rings. The molecule has 0 atom stereocenters. The number of carbonyl (C=O) groups is 1. The summed E-state index contributed by atoms with van der Waals surface area (Å²) in [4.78, 5) is 38.1. The summed E-state index contributed by atoms with van der Waals surface area (Å²) in [7, 11) is 1.52. The lowest BCUT2D eigenvalue weighted by Gasteiger charge is -2.08. The molecule has 2 aromatic heterocycles. The Balaban J connectivity index is 1.83. The van der Waals surface area contributed by atoms with Gasteiger partial charge in [0.05, 0.1) is 13.2 Å². The topological polar surface area (TPSA) is 106 Å². The van der Waals surface area contributed by atoms with Gasteiger partial charge in [-0.1, -0.05) is 0 Å². The number of nitrogens with one attached hydrogen (secondary N) is 2. The maximum absolute atomic E-state index is 12.4. The minimum atomic E-state index is -0.435. The van der Waals surface area contributed by atoms with Gasteiger partial charge < -0.3 is 15.0 Å². The monoisotopic (exact) mass is 340 g/mol. The highest BCUT2D eigenvalue weighted by molar-refractivity contribution is 6.03. The van der Waals surface area contributed by atoms with Gasteiger partial charge in [-0.05, 0) is 30.3 Å². The van der Waals surface area contributed by atoms with Gasteiger partial charge in [-0.15, -0.1) is 0 Å². The van der Waals surface area contributed by atoms with Crippen molar-refractivity contribution in [2.24, 2.45) is 0 Å². The Morgan fingerprint density at radius 2 is 2.04 bits per heavy atom. The summed E-state index contributed by atoms with van der Waals surface area (Å²) in [5.41, 5.74) is 0.866. The van der Waals surface area contributed by atoms with Gasteiger partial charge in [0.1, 0.15) is 5.69 Å². The molecule has 0 aliphatic carbocycles. The van der Waals surface area contributed by atoms with E-state index in [2.05, 4.69) is 15.4 Å². The van der Waals surface area contributed by atoms with Crippen molar-refractivity contribution in [3.63, 3.8) is 0 Å². The molecule has 0 aliphatic heterocycles. The third-order valence-electron chi connectivity index (χ3n) is 3.59. The van der Waals surface area contributed by atoms with Gasteiger partial charge in [0.15, 0.2) is 0 Å². The molecule has 0 saturated carbocycles. The van der Waals surface area contributed by atoms with Crippen molar-refractivity contribution in [1.82, 2.24) is 14.8 Å². The SMILES string of the molecule is COCCn1nc(C(=O)Nc2ccc3[nH]c(=O)ccc3c2)ccc1=O. The molecule has 0 unspecified atom stereocenters. The van der Waals surface area contributed by atoms with Crippen LogP contribution in [0.1, 0.15) is 10.5 Å². The number of pyridine rings is 1. The number of fused-ring (bicyclic) bond motifs is 1. The summed E-state index contributed by atoms with van der Waals surface area (Å²) in [6.07, 6.45) is 0. The molecule has 0 aliphatic rings. The summed E-state index contributed by atoms with van der Waals surface area (Å²) >= 11 is 0. The highest BCUT2D eigenvalue weighted by Crippen LogP contribution is 2.16. The lowest BCUT2D eigenvalue weighted by atomic mass is 10.2.